The van der Waals surface area contributed by atoms with Crippen LogP contribution in [0.2, 0.25) is 0 Å². The van der Waals surface area contributed by atoms with E-state index in [9.17, 15) is 14.0 Å². The average Bonchev–Trinajstić information content (AvgIpc) is 2.49. The van der Waals surface area contributed by atoms with Gasteiger partial charge in [-0.2, -0.15) is 0 Å². The molecule has 0 bridgehead atoms. The van der Waals surface area contributed by atoms with Gasteiger partial charge >= 0.3 is 11.8 Å². The van der Waals surface area contributed by atoms with Crippen LogP contribution in [0.1, 0.15) is 46.5 Å². The molecule has 6 heteroatoms. The Hall–Kier alpha value is -1.43. The molecule has 1 aliphatic carbocycles. The lowest BCUT2D eigenvalue weighted by molar-refractivity contribution is -0.136. The minimum Gasteiger partial charge on any atom is -0.345 e. The third kappa shape index (κ3) is 5.03. The van der Waals surface area contributed by atoms with Crippen LogP contribution < -0.4 is 10.6 Å². The number of carbonyl (C=O) groups excluding carboxylic acids is 2. The van der Waals surface area contributed by atoms with Crippen molar-refractivity contribution < 1.29 is 14.0 Å². The molecule has 4 nitrogen and oxygen atoms in total. The number of nitrogens with one attached hydrogen (secondary N) is 2. The number of halogens is 2. The number of carbonyl (C=O) groups is 2. The monoisotopic (exact) mass is 398 g/mol. The van der Waals surface area contributed by atoms with E-state index in [0.29, 0.717) is 10.4 Å². The smallest absolute Gasteiger partial charge is 0.313 e. The normalized spacial score (nSPS) is 21.2. The van der Waals surface area contributed by atoms with E-state index in [1.165, 1.54) is 12.1 Å². The lowest BCUT2D eigenvalue weighted by Crippen LogP contribution is -2.44. The van der Waals surface area contributed by atoms with Crippen molar-refractivity contribution in [2.75, 3.05) is 5.32 Å². The van der Waals surface area contributed by atoms with E-state index < -0.39 is 17.6 Å². The molecule has 132 valence electrons. The van der Waals surface area contributed by atoms with Crippen molar-refractivity contribution in [1.29, 1.82) is 0 Å². The molecule has 24 heavy (non-hydrogen) atoms. The summed E-state index contributed by atoms with van der Waals surface area (Å²) in [5, 5.41) is 5.07. The number of hydrogen-bond acceptors (Lipinski definition) is 2. The summed E-state index contributed by atoms with van der Waals surface area (Å²) in [6, 6.07) is 4.27. The zero-order valence-electron chi connectivity index (χ0n) is 14.3. The Morgan fingerprint density at radius 1 is 1.12 bits per heavy atom. The molecule has 1 saturated carbocycles. The van der Waals surface area contributed by atoms with Crippen LogP contribution in [0.3, 0.4) is 0 Å². The fraction of sp³-hybridized carbons (Fsp3) is 0.556. The molecular weight excluding hydrogens is 375 g/mol. The van der Waals surface area contributed by atoms with Gasteiger partial charge in [0.05, 0.1) is 5.69 Å². The number of rotatable bonds is 2. The van der Waals surface area contributed by atoms with Gasteiger partial charge in [0.2, 0.25) is 0 Å². The summed E-state index contributed by atoms with van der Waals surface area (Å²) in [5.74, 6) is -1.50. The fourth-order valence-electron chi connectivity index (χ4n) is 3.12. The highest BCUT2D eigenvalue weighted by Crippen LogP contribution is 2.37. The molecule has 0 radical (unpaired) electrons. The van der Waals surface area contributed by atoms with Gasteiger partial charge in [-0.25, -0.2) is 4.39 Å². The maximum absolute atomic E-state index is 13.7. The maximum atomic E-state index is 13.7. The Bertz CT molecular complexity index is 620. The Labute approximate surface area is 150 Å². The SMILES string of the molecule is CC(C)(C)C1CCC(NC(=O)C(=O)Nc2ccc(Br)cc2F)CC1. The molecule has 0 aliphatic heterocycles. The van der Waals surface area contributed by atoms with E-state index in [0.717, 1.165) is 25.7 Å². The van der Waals surface area contributed by atoms with Crippen molar-refractivity contribution in [2.45, 2.75) is 52.5 Å². The molecule has 0 spiro atoms. The predicted molar refractivity (Wildman–Crippen MR) is 96.1 cm³/mol. The molecule has 2 N–H and O–H groups in total. The lowest BCUT2D eigenvalue weighted by atomic mass is 9.71. The molecular formula is C18H24BrFN2O2. The molecule has 0 unspecified atom stereocenters. The van der Waals surface area contributed by atoms with E-state index in [-0.39, 0.29) is 17.1 Å². The van der Waals surface area contributed by atoms with Gasteiger partial charge in [-0.1, -0.05) is 36.7 Å². The second kappa shape index (κ2) is 7.64. The molecule has 0 saturated heterocycles. The highest BCUT2D eigenvalue weighted by atomic mass is 79.9. The largest absolute Gasteiger partial charge is 0.345 e. The molecule has 2 amide bonds. The number of benzene rings is 1. The predicted octanol–water partition coefficient (Wildman–Crippen LogP) is 4.25. The van der Waals surface area contributed by atoms with Crippen molar-refractivity contribution in [3.63, 3.8) is 0 Å². The van der Waals surface area contributed by atoms with E-state index >= 15 is 0 Å². The van der Waals surface area contributed by atoms with Gasteiger partial charge in [0.1, 0.15) is 5.82 Å². The summed E-state index contributed by atoms with van der Waals surface area (Å²) in [6.45, 7) is 6.70. The van der Waals surface area contributed by atoms with Crippen LogP contribution in [0.4, 0.5) is 10.1 Å². The average molecular weight is 399 g/mol. The first kappa shape index (κ1) is 18.9. The van der Waals surface area contributed by atoms with Gasteiger partial charge in [-0.15, -0.1) is 0 Å². The molecule has 1 aromatic rings. The molecule has 0 atom stereocenters. The first-order chi connectivity index (χ1) is 11.2. The third-order valence-corrected chi connectivity index (χ3v) is 5.17. The van der Waals surface area contributed by atoms with Crippen molar-refractivity contribution in [3.05, 3.63) is 28.5 Å². The highest BCUT2D eigenvalue weighted by Gasteiger charge is 2.31. The number of anilines is 1. The number of hydrogen-bond donors (Lipinski definition) is 2. The van der Waals surface area contributed by atoms with Crippen LogP contribution in [0.25, 0.3) is 0 Å². The summed E-state index contributed by atoms with van der Waals surface area (Å²) < 4.78 is 14.3. The van der Waals surface area contributed by atoms with Gasteiger partial charge in [-0.3, -0.25) is 9.59 Å². The van der Waals surface area contributed by atoms with Crippen LogP contribution in [0.5, 0.6) is 0 Å². The summed E-state index contributed by atoms with van der Waals surface area (Å²) in [5.41, 5.74) is 0.264. The lowest BCUT2D eigenvalue weighted by Gasteiger charge is -2.37. The number of amides is 2. The summed E-state index contributed by atoms with van der Waals surface area (Å²) in [6.07, 6.45) is 3.82. The Balaban J connectivity index is 1.85. The van der Waals surface area contributed by atoms with Crippen LogP contribution in [0, 0.1) is 17.2 Å². The molecule has 1 aliphatic rings. The van der Waals surface area contributed by atoms with E-state index in [1.54, 1.807) is 6.07 Å². The molecule has 0 aromatic heterocycles. The zero-order valence-corrected chi connectivity index (χ0v) is 15.9. The zero-order chi connectivity index (χ0) is 17.9. The second-order valence-corrected chi connectivity index (χ2v) is 8.38. The van der Waals surface area contributed by atoms with Crippen molar-refractivity contribution in [1.82, 2.24) is 5.32 Å². The van der Waals surface area contributed by atoms with Crippen LogP contribution in [-0.2, 0) is 9.59 Å². The first-order valence-electron chi connectivity index (χ1n) is 8.23. The Morgan fingerprint density at radius 3 is 2.29 bits per heavy atom. The standard InChI is InChI=1S/C18H24BrFN2O2/c1-18(2,3)11-4-7-13(8-5-11)21-16(23)17(24)22-15-9-6-12(19)10-14(15)20/h6,9-11,13H,4-5,7-8H2,1-3H3,(H,21,23)(H,22,24). The van der Waals surface area contributed by atoms with Crippen molar-refractivity contribution in [2.24, 2.45) is 11.3 Å². The van der Waals surface area contributed by atoms with E-state index in [4.69, 9.17) is 0 Å². The summed E-state index contributed by atoms with van der Waals surface area (Å²) in [7, 11) is 0. The third-order valence-electron chi connectivity index (χ3n) is 4.67. The van der Waals surface area contributed by atoms with Crippen LogP contribution >= 0.6 is 15.9 Å². The minimum atomic E-state index is -0.839. The van der Waals surface area contributed by atoms with Gasteiger partial charge in [-0.05, 0) is 55.2 Å². The van der Waals surface area contributed by atoms with E-state index in [2.05, 4.69) is 47.3 Å². The Morgan fingerprint density at radius 2 is 1.75 bits per heavy atom. The maximum Gasteiger partial charge on any atom is 0.313 e. The van der Waals surface area contributed by atoms with Crippen molar-refractivity contribution >= 4 is 33.4 Å². The van der Waals surface area contributed by atoms with Gasteiger partial charge in [0, 0.05) is 10.5 Å². The van der Waals surface area contributed by atoms with Gasteiger partial charge < -0.3 is 10.6 Å². The molecule has 2 rings (SSSR count). The fourth-order valence-corrected chi connectivity index (χ4v) is 3.46. The first-order valence-corrected chi connectivity index (χ1v) is 9.03. The summed E-state index contributed by atoms with van der Waals surface area (Å²) in [4.78, 5) is 24.0. The molecule has 0 heterocycles. The van der Waals surface area contributed by atoms with Crippen LogP contribution in [-0.4, -0.2) is 17.9 Å². The quantitative estimate of drug-likeness (QED) is 0.731. The minimum absolute atomic E-state index is 0.00482. The van der Waals surface area contributed by atoms with E-state index in [1.807, 2.05) is 0 Å². The highest BCUT2D eigenvalue weighted by molar-refractivity contribution is 9.10. The molecule has 1 aromatic carbocycles. The van der Waals surface area contributed by atoms with Crippen molar-refractivity contribution in [3.8, 4) is 0 Å². The topological polar surface area (TPSA) is 58.2 Å². The van der Waals surface area contributed by atoms with Gasteiger partial charge in [0.15, 0.2) is 0 Å². The Kier molecular flexibility index (Phi) is 6.01. The summed E-state index contributed by atoms with van der Waals surface area (Å²) >= 11 is 3.14. The second-order valence-electron chi connectivity index (χ2n) is 7.47. The van der Waals surface area contributed by atoms with Gasteiger partial charge in [0.25, 0.3) is 0 Å². The van der Waals surface area contributed by atoms with Crippen LogP contribution in [0.15, 0.2) is 22.7 Å². The molecule has 1 fully saturated rings.